The summed E-state index contributed by atoms with van der Waals surface area (Å²) in [4.78, 5) is 0. The number of hydrogen-bond donors (Lipinski definition) is 1. The van der Waals surface area contributed by atoms with Crippen LogP contribution in [0, 0.1) is 12.8 Å². The van der Waals surface area contributed by atoms with Gasteiger partial charge in [-0.05, 0) is 38.3 Å². The maximum Gasteiger partial charge on any atom is 0.135 e. The van der Waals surface area contributed by atoms with E-state index in [9.17, 15) is 5.11 Å². The summed E-state index contributed by atoms with van der Waals surface area (Å²) < 4.78 is 5.52. The second-order valence-corrected chi connectivity index (χ2v) is 4.95. The third-order valence-electron chi connectivity index (χ3n) is 3.23. The van der Waals surface area contributed by atoms with E-state index < -0.39 is 5.60 Å². The standard InChI is InChI=1S/C14H24O2/c1-5-7-12(6-2)10-14(4,15)13-9-8-11(3)16-13/h8-9,12,15H,5-7,10H2,1-4H3. The molecule has 2 atom stereocenters. The van der Waals surface area contributed by atoms with E-state index >= 15 is 0 Å². The monoisotopic (exact) mass is 224 g/mol. The number of aryl methyl sites for hydroxylation is 1. The molecule has 0 spiro atoms. The van der Waals surface area contributed by atoms with E-state index in [0.717, 1.165) is 18.6 Å². The molecule has 2 heteroatoms. The van der Waals surface area contributed by atoms with Gasteiger partial charge in [-0.3, -0.25) is 0 Å². The minimum atomic E-state index is -0.829. The highest BCUT2D eigenvalue weighted by Crippen LogP contribution is 2.32. The van der Waals surface area contributed by atoms with E-state index in [-0.39, 0.29) is 0 Å². The van der Waals surface area contributed by atoms with E-state index in [1.54, 1.807) is 0 Å². The van der Waals surface area contributed by atoms with Crippen molar-refractivity contribution >= 4 is 0 Å². The van der Waals surface area contributed by atoms with Gasteiger partial charge >= 0.3 is 0 Å². The van der Waals surface area contributed by atoms with E-state index in [1.807, 2.05) is 26.0 Å². The van der Waals surface area contributed by atoms with Crippen LogP contribution in [0.2, 0.25) is 0 Å². The van der Waals surface area contributed by atoms with Crippen LogP contribution < -0.4 is 0 Å². The first-order valence-electron chi connectivity index (χ1n) is 6.29. The Hall–Kier alpha value is -0.760. The van der Waals surface area contributed by atoms with Crippen molar-refractivity contribution in [2.45, 2.75) is 59.0 Å². The fourth-order valence-electron chi connectivity index (χ4n) is 2.25. The average molecular weight is 224 g/mol. The molecule has 16 heavy (non-hydrogen) atoms. The van der Waals surface area contributed by atoms with Crippen molar-refractivity contribution in [2.24, 2.45) is 5.92 Å². The van der Waals surface area contributed by atoms with Crippen LogP contribution >= 0.6 is 0 Å². The van der Waals surface area contributed by atoms with E-state index in [0.29, 0.717) is 11.7 Å². The van der Waals surface area contributed by atoms with Crippen LogP contribution in [0.3, 0.4) is 0 Å². The third-order valence-corrected chi connectivity index (χ3v) is 3.23. The Morgan fingerprint density at radius 1 is 1.38 bits per heavy atom. The number of furan rings is 1. The second-order valence-electron chi connectivity index (χ2n) is 4.95. The zero-order chi connectivity index (χ0) is 12.2. The lowest BCUT2D eigenvalue weighted by Crippen LogP contribution is -2.24. The molecule has 1 aromatic heterocycles. The summed E-state index contributed by atoms with van der Waals surface area (Å²) in [5, 5.41) is 10.4. The molecule has 0 saturated heterocycles. The van der Waals surface area contributed by atoms with Gasteiger partial charge in [0, 0.05) is 0 Å². The normalized spacial score (nSPS) is 17.1. The van der Waals surface area contributed by atoms with Crippen molar-refractivity contribution in [3.63, 3.8) is 0 Å². The van der Waals surface area contributed by atoms with Crippen molar-refractivity contribution in [1.82, 2.24) is 0 Å². The average Bonchev–Trinajstić information content (AvgIpc) is 2.64. The summed E-state index contributed by atoms with van der Waals surface area (Å²) in [6.07, 6.45) is 4.24. The fraction of sp³-hybridized carbons (Fsp3) is 0.714. The Kier molecular flexibility index (Phi) is 4.60. The molecule has 0 radical (unpaired) electrons. The molecular weight excluding hydrogens is 200 g/mol. The molecule has 0 fully saturated rings. The van der Waals surface area contributed by atoms with Gasteiger partial charge in [-0.25, -0.2) is 0 Å². The Morgan fingerprint density at radius 3 is 2.50 bits per heavy atom. The second kappa shape index (κ2) is 5.53. The lowest BCUT2D eigenvalue weighted by atomic mass is 9.86. The van der Waals surface area contributed by atoms with Crippen LogP contribution in [-0.2, 0) is 5.60 Å². The zero-order valence-electron chi connectivity index (χ0n) is 10.9. The minimum Gasteiger partial charge on any atom is -0.463 e. The molecule has 0 saturated carbocycles. The van der Waals surface area contributed by atoms with Gasteiger partial charge in [0.1, 0.15) is 17.1 Å². The summed E-state index contributed by atoms with van der Waals surface area (Å²) in [6.45, 7) is 8.13. The van der Waals surface area contributed by atoms with Crippen LogP contribution in [0.25, 0.3) is 0 Å². The van der Waals surface area contributed by atoms with Crippen LogP contribution in [0.1, 0.15) is 58.0 Å². The topological polar surface area (TPSA) is 33.4 Å². The van der Waals surface area contributed by atoms with Crippen LogP contribution in [0.5, 0.6) is 0 Å². The van der Waals surface area contributed by atoms with E-state index in [2.05, 4.69) is 13.8 Å². The molecule has 92 valence electrons. The summed E-state index contributed by atoms with van der Waals surface area (Å²) in [7, 11) is 0. The highest BCUT2D eigenvalue weighted by atomic mass is 16.4. The molecule has 1 rings (SSSR count). The van der Waals surface area contributed by atoms with Crippen molar-refractivity contribution in [1.29, 1.82) is 0 Å². The van der Waals surface area contributed by atoms with Gasteiger partial charge in [0.05, 0.1) is 0 Å². The first-order chi connectivity index (χ1) is 7.49. The highest BCUT2D eigenvalue weighted by molar-refractivity contribution is 5.12. The number of aliphatic hydroxyl groups is 1. The van der Waals surface area contributed by atoms with Gasteiger partial charge in [-0.1, -0.05) is 33.1 Å². The Balaban J connectivity index is 2.69. The van der Waals surface area contributed by atoms with Crippen molar-refractivity contribution in [3.8, 4) is 0 Å². The summed E-state index contributed by atoms with van der Waals surface area (Å²) >= 11 is 0. The maximum atomic E-state index is 10.4. The number of rotatable bonds is 6. The minimum absolute atomic E-state index is 0.574. The zero-order valence-corrected chi connectivity index (χ0v) is 10.9. The maximum absolute atomic E-state index is 10.4. The predicted molar refractivity (Wildman–Crippen MR) is 66.3 cm³/mol. The van der Waals surface area contributed by atoms with Crippen LogP contribution in [0.15, 0.2) is 16.5 Å². The first-order valence-corrected chi connectivity index (χ1v) is 6.29. The predicted octanol–water partition coefficient (Wildman–Crippen LogP) is 4.01. The van der Waals surface area contributed by atoms with Gasteiger partial charge in [0.15, 0.2) is 0 Å². The third kappa shape index (κ3) is 3.38. The van der Waals surface area contributed by atoms with Crippen LogP contribution in [0.4, 0.5) is 0 Å². The first kappa shape index (κ1) is 13.3. The molecule has 1 N–H and O–H groups in total. The summed E-state index contributed by atoms with van der Waals surface area (Å²) in [6, 6.07) is 3.79. The lowest BCUT2D eigenvalue weighted by molar-refractivity contribution is 0.00667. The molecular formula is C14H24O2. The van der Waals surface area contributed by atoms with Gasteiger partial charge in [-0.15, -0.1) is 0 Å². The lowest BCUT2D eigenvalue weighted by Gasteiger charge is -2.26. The number of hydrogen-bond acceptors (Lipinski definition) is 2. The van der Waals surface area contributed by atoms with Gasteiger partial charge < -0.3 is 9.52 Å². The molecule has 0 amide bonds. The van der Waals surface area contributed by atoms with Crippen molar-refractivity contribution < 1.29 is 9.52 Å². The summed E-state index contributed by atoms with van der Waals surface area (Å²) in [5.41, 5.74) is -0.829. The molecule has 0 aromatic carbocycles. The Morgan fingerprint density at radius 2 is 2.06 bits per heavy atom. The molecule has 0 aliphatic heterocycles. The summed E-state index contributed by atoms with van der Waals surface area (Å²) in [5.74, 6) is 2.13. The molecule has 0 bridgehead atoms. The smallest absolute Gasteiger partial charge is 0.135 e. The molecule has 0 aliphatic carbocycles. The van der Waals surface area contributed by atoms with Gasteiger partial charge in [-0.2, -0.15) is 0 Å². The highest BCUT2D eigenvalue weighted by Gasteiger charge is 2.29. The van der Waals surface area contributed by atoms with Gasteiger partial charge in [0.2, 0.25) is 0 Å². The Labute approximate surface area is 98.7 Å². The SMILES string of the molecule is CCCC(CC)CC(C)(O)c1ccc(C)o1. The molecule has 1 heterocycles. The van der Waals surface area contributed by atoms with Crippen LogP contribution in [-0.4, -0.2) is 5.11 Å². The molecule has 2 nitrogen and oxygen atoms in total. The van der Waals surface area contributed by atoms with Gasteiger partial charge in [0.25, 0.3) is 0 Å². The van der Waals surface area contributed by atoms with E-state index in [4.69, 9.17) is 4.42 Å². The molecule has 2 unspecified atom stereocenters. The molecule has 1 aromatic rings. The largest absolute Gasteiger partial charge is 0.463 e. The fourth-order valence-corrected chi connectivity index (χ4v) is 2.25. The van der Waals surface area contributed by atoms with E-state index in [1.165, 1.54) is 12.8 Å². The quantitative estimate of drug-likeness (QED) is 0.792. The molecule has 0 aliphatic rings. The Bertz CT molecular complexity index is 312. The van der Waals surface area contributed by atoms with Crippen molar-refractivity contribution in [2.75, 3.05) is 0 Å². The van der Waals surface area contributed by atoms with Crippen molar-refractivity contribution in [3.05, 3.63) is 23.7 Å².